The average Bonchev–Trinajstić information content (AvgIpc) is 2.23. The number of primary amides is 1. The van der Waals surface area contributed by atoms with Crippen LogP contribution in [0.3, 0.4) is 0 Å². The van der Waals surface area contributed by atoms with Gasteiger partial charge in [-0.05, 0) is 42.5 Å². The molecule has 1 heterocycles. The summed E-state index contributed by atoms with van der Waals surface area (Å²) in [6, 6.07) is 3.70. The fourth-order valence-corrected chi connectivity index (χ4v) is 1.77. The molecular weight excluding hydrogens is 188 g/mol. The van der Waals surface area contributed by atoms with E-state index in [1.165, 1.54) is 0 Å². The van der Waals surface area contributed by atoms with Crippen molar-refractivity contribution in [3.05, 3.63) is 41.2 Å². The molecule has 0 saturated heterocycles. The van der Waals surface area contributed by atoms with Crippen LogP contribution < -0.4 is 5.73 Å². The molecule has 0 aliphatic rings. The van der Waals surface area contributed by atoms with Crippen molar-refractivity contribution in [1.29, 1.82) is 0 Å². The minimum atomic E-state index is -0.380. The van der Waals surface area contributed by atoms with E-state index < -0.39 is 0 Å². The summed E-state index contributed by atoms with van der Waals surface area (Å²) < 4.78 is 0. The van der Waals surface area contributed by atoms with Gasteiger partial charge in [-0.15, -0.1) is 0 Å². The number of pyridine rings is 1. The molecule has 0 aliphatic carbocycles. The van der Waals surface area contributed by atoms with Crippen molar-refractivity contribution in [2.75, 3.05) is 0 Å². The van der Waals surface area contributed by atoms with E-state index in [2.05, 4.69) is 4.98 Å². The number of carbonyl (C=O) groups excluding carboxylic acids is 1. The summed E-state index contributed by atoms with van der Waals surface area (Å²) in [5.74, 6) is -0.380. The average molecular weight is 200 g/mol. The summed E-state index contributed by atoms with van der Waals surface area (Å²) in [5, 5.41) is 2.07. The molecule has 2 aromatic rings. The molecule has 0 saturated carbocycles. The normalized spacial score (nSPS) is 10.5. The maximum Gasteiger partial charge on any atom is 0.248 e. The smallest absolute Gasteiger partial charge is 0.248 e. The number of benzene rings is 1. The van der Waals surface area contributed by atoms with E-state index in [1.807, 2.05) is 32.2 Å². The Kier molecular flexibility index (Phi) is 2.15. The molecule has 0 fully saturated rings. The lowest BCUT2D eigenvalue weighted by Gasteiger charge is -2.09. The van der Waals surface area contributed by atoms with Gasteiger partial charge in [-0.25, -0.2) is 0 Å². The van der Waals surface area contributed by atoms with Crippen LogP contribution in [0.5, 0.6) is 0 Å². The van der Waals surface area contributed by atoms with E-state index in [1.54, 1.807) is 6.20 Å². The summed E-state index contributed by atoms with van der Waals surface area (Å²) >= 11 is 0. The number of nitrogens with two attached hydrogens (primary N) is 1. The van der Waals surface area contributed by atoms with Crippen LogP contribution in [0.25, 0.3) is 10.8 Å². The zero-order valence-electron chi connectivity index (χ0n) is 8.74. The highest BCUT2D eigenvalue weighted by molar-refractivity contribution is 6.00. The summed E-state index contributed by atoms with van der Waals surface area (Å²) in [4.78, 5) is 15.3. The summed E-state index contributed by atoms with van der Waals surface area (Å²) in [7, 11) is 0. The molecule has 3 nitrogen and oxygen atoms in total. The van der Waals surface area contributed by atoms with Crippen LogP contribution in [0.2, 0.25) is 0 Å². The van der Waals surface area contributed by atoms with Crippen molar-refractivity contribution in [3.8, 4) is 0 Å². The van der Waals surface area contributed by atoms with Crippen LogP contribution in [0.4, 0.5) is 0 Å². The van der Waals surface area contributed by atoms with Crippen molar-refractivity contribution in [2.45, 2.75) is 13.8 Å². The van der Waals surface area contributed by atoms with Crippen LogP contribution in [0.15, 0.2) is 24.5 Å². The zero-order valence-corrected chi connectivity index (χ0v) is 8.74. The first-order valence-corrected chi connectivity index (χ1v) is 4.75. The monoisotopic (exact) mass is 200 g/mol. The molecular formula is C12H12N2O. The molecule has 76 valence electrons. The lowest BCUT2D eigenvalue weighted by atomic mass is 9.97. The van der Waals surface area contributed by atoms with Gasteiger partial charge in [-0.3, -0.25) is 9.78 Å². The second-order valence-corrected chi connectivity index (χ2v) is 3.64. The number of fused-ring (bicyclic) bond motifs is 1. The number of hydrogen-bond acceptors (Lipinski definition) is 2. The maximum absolute atomic E-state index is 11.2. The van der Waals surface area contributed by atoms with Crippen LogP contribution in [0, 0.1) is 13.8 Å². The van der Waals surface area contributed by atoms with Crippen LogP contribution in [-0.4, -0.2) is 10.9 Å². The van der Waals surface area contributed by atoms with Crippen molar-refractivity contribution in [3.63, 3.8) is 0 Å². The van der Waals surface area contributed by atoms with Gasteiger partial charge in [0.2, 0.25) is 5.91 Å². The van der Waals surface area contributed by atoms with Crippen molar-refractivity contribution in [1.82, 2.24) is 4.98 Å². The van der Waals surface area contributed by atoms with Gasteiger partial charge in [0.05, 0.1) is 0 Å². The molecule has 0 bridgehead atoms. The maximum atomic E-state index is 11.2. The van der Waals surface area contributed by atoms with Gasteiger partial charge in [0, 0.05) is 23.3 Å². The molecule has 0 atom stereocenters. The van der Waals surface area contributed by atoms with E-state index in [-0.39, 0.29) is 5.91 Å². The van der Waals surface area contributed by atoms with Crippen LogP contribution in [-0.2, 0) is 0 Å². The highest BCUT2D eigenvalue weighted by atomic mass is 16.1. The lowest BCUT2D eigenvalue weighted by Crippen LogP contribution is -2.13. The number of carbonyl (C=O) groups is 1. The van der Waals surface area contributed by atoms with E-state index in [0.717, 1.165) is 21.9 Å². The minimum absolute atomic E-state index is 0.380. The number of aromatic nitrogens is 1. The lowest BCUT2D eigenvalue weighted by molar-refractivity contribution is 0.1000. The van der Waals surface area contributed by atoms with Gasteiger partial charge in [0.1, 0.15) is 0 Å². The van der Waals surface area contributed by atoms with Crippen molar-refractivity contribution < 1.29 is 4.79 Å². The minimum Gasteiger partial charge on any atom is -0.366 e. The van der Waals surface area contributed by atoms with E-state index in [4.69, 9.17) is 5.73 Å². The van der Waals surface area contributed by atoms with E-state index in [9.17, 15) is 4.79 Å². The Morgan fingerprint density at radius 3 is 2.73 bits per heavy atom. The fourth-order valence-electron chi connectivity index (χ4n) is 1.77. The van der Waals surface area contributed by atoms with Gasteiger partial charge in [-0.2, -0.15) is 0 Å². The molecule has 15 heavy (non-hydrogen) atoms. The highest BCUT2D eigenvalue weighted by Crippen LogP contribution is 2.23. The molecule has 0 spiro atoms. The predicted octanol–water partition coefficient (Wildman–Crippen LogP) is 1.95. The van der Waals surface area contributed by atoms with Gasteiger partial charge in [0.15, 0.2) is 0 Å². The Bertz CT molecular complexity index is 547. The Morgan fingerprint density at radius 2 is 2.07 bits per heavy atom. The largest absolute Gasteiger partial charge is 0.366 e. The molecule has 0 unspecified atom stereocenters. The van der Waals surface area contributed by atoms with E-state index >= 15 is 0 Å². The topological polar surface area (TPSA) is 56.0 Å². The van der Waals surface area contributed by atoms with Gasteiger partial charge >= 0.3 is 0 Å². The SMILES string of the molecule is Cc1c(C(N)=O)cc2ccncc2c1C. The highest BCUT2D eigenvalue weighted by Gasteiger charge is 2.10. The molecule has 3 heteroatoms. The Morgan fingerprint density at radius 1 is 1.33 bits per heavy atom. The number of rotatable bonds is 1. The summed E-state index contributed by atoms with van der Waals surface area (Å²) in [5.41, 5.74) is 7.91. The summed E-state index contributed by atoms with van der Waals surface area (Å²) in [6.07, 6.45) is 3.52. The number of aryl methyl sites for hydroxylation is 1. The molecule has 2 rings (SSSR count). The van der Waals surface area contributed by atoms with Crippen LogP contribution in [0.1, 0.15) is 21.5 Å². The molecule has 1 aromatic carbocycles. The van der Waals surface area contributed by atoms with Gasteiger partial charge < -0.3 is 5.73 Å². The first kappa shape index (κ1) is 9.65. The number of amides is 1. The zero-order chi connectivity index (χ0) is 11.0. The molecule has 0 radical (unpaired) electrons. The number of nitrogens with zero attached hydrogens (tertiary/aromatic N) is 1. The third-order valence-electron chi connectivity index (χ3n) is 2.79. The Balaban J connectivity index is 2.88. The first-order chi connectivity index (χ1) is 7.11. The standard InChI is InChI=1S/C12H12N2O/c1-7-8(2)11-6-14-4-3-9(11)5-10(7)12(13)15/h3-6H,1-2H3,(H2,13,15). The molecule has 2 N–H and O–H groups in total. The van der Waals surface area contributed by atoms with Crippen molar-refractivity contribution >= 4 is 16.7 Å². The summed E-state index contributed by atoms with van der Waals surface area (Å²) in [6.45, 7) is 3.88. The van der Waals surface area contributed by atoms with Gasteiger partial charge in [-0.1, -0.05) is 0 Å². The second kappa shape index (κ2) is 3.35. The number of hydrogen-bond donors (Lipinski definition) is 1. The molecule has 0 aliphatic heterocycles. The third kappa shape index (κ3) is 1.46. The Labute approximate surface area is 87.9 Å². The quantitative estimate of drug-likeness (QED) is 0.764. The van der Waals surface area contributed by atoms with Gasteiger partial charge in [0.25, 0.3) is 0 Å². The second-order valence-electron chi connectivity index (χ2n) is 3.64. The molecule has 1 amide bonds. The predicted molar refractivity (Wildman–Crippen MR) is 59.7 cm³/mol. The molecule has 1 aromatic heterocycles. The van der Waals surface area contributed by atoms with Crippen LogP contribution >= 0.6 is 0 Å². The van der Waals surface area contributed by atoms with Crippen molar-refractivity contribution in [2.24, 2.45) is 5.73 Å². The Hall–Kier alpha value is -1.90. The third-order valence-corrected chi connectivity index (χ3v) is 2.79. The fraction of sp³-hybridized carbons (Fsp3) is 0.167. The van der Waals surface area contributed by atoms with E-state index in [0.29, 0.717) is 5.56 Å². The first-order valence-electron chi connectivity index (χ1n) is 4.75.